The van der Waals surface area contributed by atoms with Crippen LogP contribution in [0, 0.1) is 0 Å². The number of hydrogen-bond donors (Lipinski definition) is 2. The standard InChI is InChI=1S/C18H24ClN3O5/c1-5-7-14(23)27-12(10-21-18(2,3)4)11-26-22-17(25)13-8-6-9-20-15(13)16(19)24/h5-9,12,21H,10-11H2,1-4H3,(H,22,25). The van der Waals surface area contributed by atoms with Gasteiger partial charge in [0.15, 0.2) is 0 Å². The van der Waals surface area contributed by atoms with Gasteiger partial charge in [0.25, 0.3) is 11.1 Å². The first-order valence-electron chi connectivity index (χ1n) is 8.29. The molecule has 0 aliphatic heterocycles. The Morgan fingerprint density at radius 2 is 2.04 bits per heavy atom. The van der Waals surface area contributed by atoms with Crippen molar-refractivity contribution in [3.63, 3.8) is 0 Å². The van der Waals surface area contributed by atoms with Gasteiger partial charge in [-0.15, -0.1) is 0 Å². The summed E-state index contributed by atoms with van der Waals surface area (Å²) in [5, 5.41) is 2.34. The zero-order valence-corrected chi connectivity index (χ0v) is 16.5. The minimum atomic E-state index is -0.853. The lowest BCUT2D eigenvalue weighted by atomic mass is 10.1. The fourth-order valence-electron chi connectivity index (χ4n) is 1.89. The summed E-state index contributed by atoms with van der Waals surface area (Å²) in [6, 6.07) is 2.89. The van der Waals surface area contributed by atoms with Crippen LogP contribution in [-0.2, 0) is 14.4 Å². The summed E-state index contributed by atoms with van der Waals surface area (Å²) < 4.78 is 5.28. The maximum Gasteiger partial charge on any atom is 0.330 e. The summed E-state index contributed by atoms with van der Waals surface area (Å²) in [6.07, 6.45) is 3.56. The van der Waals surface area contributed by atoms with Crippen molar-refractivity contribution in [2.24, 2.45) is 0 Å². The predicted octanol–water partition coefficient (Wildman–Crippen LogP) is 2.00. The average molecular weight is 398 g/mol. The Morgan fingerprint density at radius 1 is 1.33 bits per heavy atom. The molecule has 1 atom stereocenters. The Balaban J connectivity index is 2.67. The number of amides is 1. The fraction of sp³-hybridized carbons (Fsp3) is 0.444. The number of carbonyl (C=O) groups excluding carboxylic acids is 3. The van der Waals surface area contributed by atoms with Crippen molar-refractivity contribution in [2.45, 2.75) is 39.3 Å². The molecule has 9 heteroatoms. The highest BCUT2D eigenvalue weighted by atomic mass is 35.5. The SMILES string of the molecule is CC=CC(=O)OC(CNC(C)(C)C)CONC(=O)c1cccnc1C(=O)Cl. The highest BCUT2D eigenvalue weighted by Crippen LogP contribution is 2.08. The van der Waals surface area contributed by atoms with Gasteiger partial charge >= 0.3 is 5.97 Å². The van der Waals surface area contributed by atoms with Crippen molar-refractivity contribution in [1.29, 1.82) is 0 Å². The van der Waals surface area contributed by atoms with Crippen LogP contribution >= 0.6 is 11.6 Å². The van der Waals surface area contributed by atoms with E-state index in [-0.39, 0.29) is 23.4 Å². The normalized spacial score (nSPS) is 12.6. The van der Waals surface area contributed by atoms with Crippen LogP contribution in [0.2, 0.25) is 0 Å². The van der Waals surface area contributed by atoms with Crippen molar-refractivity contribution in [3.8, 4) is 0 Å². The van der Waals surface area contributed by atoms with E-state index < -0.39 is 23.2 Å². The number of allylic oxidation sites excluding steroid dienone is 1. The first-order valence-corrected chi connectivity index (χ1v) is 8.67. The number of nitrogens with zero attached hydrogens (tertiary/aromatic N) is 1. The summed E-state index contributed by atoms with van der Waals surface area (Å²) in [4.78, 5) is 44.1. The second-order valence-corrected chi connectivity index (χ2v) is 6.95. The second kappa shape index (κ2) is 10.8. The maximum atomic E-state index is 12.2. The Labute approximate surface area is 163 Å². The Morgan fingerprint density at radius 3 is 2.63 bits per heavy atom. The number of halogens is 1. The number of aromatic nitrogens is 1. The molecule has 1 rings (SSSR count). The zero-order chi connectivity index (χ0) is 20.4. The minimum Gasteiger partial charge on any atom is -0.455 e. The summed E-state index contributed by atoms with van der Waals surface area (Å²) in [5.41, 5.74) is 1.81. The molecule has 0 spiro atoms. The molecule has 27 heavy (non-hydrogen) atoms. The molecule has 0 aromatic carbocycles. The average Bonchev–Trinajstić information content (AvgIpc) is 2.58. The molecule has 1 amide bonds. The molecule has 1 heterocycles. The molecular weight excluding hydrogens is 374 g/mol. The van der Waals surface area contributed by atoms with E-state index in [9.17, 15) is 14.4 Å². The Bertz CT molecular complexity index is 700. The summed E-state index contributed by atoms with van der Waals surface area (Å²) >= 11 is 5.41. The van der Waals surface area contributed by atoms with Gasteiger partial charge in [0.1, 0.15) is 18.4 Å². The summed E-state index contributed by atoms with van der Waals surface area (Å²) in [6.45, 7) is 7.82. The minimum absolute atomic E-state index is 0.0206. The van der Waals surface area contributed by atoms with Crippen LogP contribution in [0.25, 0.3) is 0 Å². The largest absolute Gasteiger partial charge is 0.455 e. The number of pyridine rings is 1. The Hall–Kier alpha value is -2.29. The van der Waals surface area contributed by atoms with Crippen molar-refractivity contribution >= 4 is 28.7 Å². The Kier molecular flexibility index (Phi) is 9.07. The summed E-state index contributed by atoms with van der Waals surface area (Å²) in [7, 11) is 0. The topological polar surface area (TPSA) is 107 Å². The lowest BCUT2D eigenvalue weighted by Gasteiger charge is -2.25. The van der Waals surface area contributed by atoms with Crippen LogP contribution in [0.15, 0.2) is 30.5 Å². The lowest BCUT2D eigenvalue weighted by Crippen LogP contribution is -2.44. The van der Waals surface area contributed by atoms with Crippen LogP contribution in [0.3, 0.4) is 0 Å². The highest BCUT2D eigenvalue weighted by Gasteiger charge is 2.20. The second-order valence-electron chi connectivity index (χ2n) is 6.61. The van der Waals surface area contributed by atoms with Crippen LogP contribution < -0.4 is 10.8 Å². The molecule has 1 unspecified atom stereocenters. The quantitative estimate of drug-likeness (QED) is 0.284. The van der Waals surface area contributed by atoms with Crippen LogP contribution in [0.5, 0.6) is 0 Å². The van der Waals surface area contributed by atoms with Gasteiger partial charge in [0.2, 0.25) is 0 Å². The van der Waals surface area contributed by atoms with Crippen molar-refractivity contribution < 1.29 is 24.0 Å². The maximum absolute atomic E-state index is 12.2. The number of carbonyl (C=O) groups is 3. The van der Waals surface area contributed by atoms with Gasteiger partial charge in [-0.1, -0.05) is 6.08 Å². The molecular formula is C18H24ClN3O5. The lowest BCUT2D eigenvalue weighted by molar-refractivity contribution is -0.147. The van der Waals surface area contributed by atoms with Gasteiger partial charge in [-0.25, -0.2) is 10.3 Å². The van der Waals surface area contributed by atoms with Gasteiger partial charge in [-0.05, 0) is 51.4 Å². The highest BCUT2D eigenvalue weighted by molar-refractivity contribution is 6.67. The fourth-order valence-corrected chi connectivity index (χ4v) is 2.05. The number of nitrogens with one attached hydrogen (secondary N) is 2. The number of hydrogen-bond acceptors (Lipinski definition) is 7. The number of rotatable bonds is 9. The van der Waals surface area contributed by atoms with E-state index in [2.05, 4.69) is 15.8 Å². The first-order chi connectivity index (χ1) is 12.6. The number of esters is 1. The van der Waals surface area contributed by atoms with Gasteiger partial charge in [-0.3, -0.25) is 19.4 Å². The molecule has 0 bridgehead atoms. The molecule has 0 aliphatic rings. The van der Waals surface area contributed by atoms with E-state index in [0.29, 0.717) is 6.54 Å². The molecule has 1 aromatic rings. The number of ether oxygens (including phenoxy) is 1. The van der Waals surface area contributed by atoms with Gasteiger partial charge in [0, 0.05) is 24.4 Å². The van der Waals surface area contributed by atoms with Crippen molar-refractivity contribution in [2.75, 3.05) is 13.2 Å². The molecule has 0 saturated heterocycles. The summed E-state index contributed by atoms with van der Waals surface area (Å²) in [5.74, 6) is -1.20. The molecule has 0 fully saturated rings. The molecule has 0 aliphatic carbocycles. The first kappa shape index (κ1) is 22.8. The smallest absolute Gasteiger partial charge is 0.330 e. The number of hydroxylamine groups is 1. The third kappa shape index (κ3) is 8.76. The third-order valence-electron chi connectivity index (χ3n) is 3.12. The molecule has 8 nitrogen and oxygen atoms in total. The van der Waals surface area contributed by atoms with Crippen LogP contribution in [-0.4, -0.2) is 46.9 Å². The predicted molar refractivity (Wildman–Crippen MR) is 100 cm³/mol. The molecule has 2 N–H and O–H groups in total. The van der Waals surface area contributed by atoms with Gasteiger partial charge in [-0.2, -0.15) is 0 Å². The van der Waals surface area contributed by atoms with E-state index in [1.165, 1.54) is 24.4 Å². The third-order valence-corrected chi connectivity index (χ3v) is 3.30. The van der Waals surface area contributed by atoms with E-state index >= 15 is 0 Å². The van der Waals surface area contributed by atoms with E-state index in [1.807, 2.05) is 20.8 Å². The van der Waals surface area contributed by atoms with E-state index in [0.717, 1.165) is 0 Å². The van der Waals surface area contributed by atoms with Gasteiger partial charge in [0.05, 0.1) is 5.56 Å². The molecule has 148 valence electrons. The monoisotopic (exact) mass is 397 g/mol. The van der Waals surface area contributed by atoms with Crippen LogP contribution in [0.4, 0.5) is 0 Å². The molecule has 1 aromatic heterocycles. The van der Waals surface area contributed by atoms with Crippen molar-refractivity contribution in [1.82, 2.24) is 15.8 Å². The molecule has 0 radical (unpaired) electrons. The van der Waals surface area contributed by atoms with Crippen molar-refractivity contribution in [3.05, 3.63) is 41.7 Å². The zero-order valence-electron chi connectivity index (χ0n) is 15.7. The van der Waals surface area contributed by atoms with Gasteiger partial charge < -0.3 is 10.1 Å². The van der Waals surface area contributed by atoms with E-state index in [1.54, 1.807) is 13.0 Å². The van der Waals surface area contributed by atoms with E-state index in [4.69, 9.17) is 21.2 Å². The molecule has 0 saturated carbocycles. The van der Waals surface area contributed by atoms with Crippen LogP contribution in [0.1, 0.15) is 48.5 Å².